The van der Waals surface area contributed by atoms with Crippen molar-refractivity contribution in [2.45, 2.75) is 31.1 Å². The summed E-state index contributed by atoms with van der Waals surface area (Å²) in [7, 11) is 3.38. The number of alkyl halides is 3. The van der Waals surface area contributed by atoms with Crippen LogP contribution in [0.2, 0.25) is 0 Å². The summed E-state index contributed by atoms with van der Waals surface area (Å²) in [6.07, 6.45) is -2.34. The molecule has 0 bridgehead atoms. The minimum Gasteiger partial charge on any atom is -0.349 e. The summed E-state index contributed by atoms with van der Waals surface area (Å²) in [6, 6.07) is 10.1. The van der Waals surface area contributed by atoms with E-state index in [0.29, 0.717) is 29.1 Å². The predicted molar refractivity (Wildman–Crippen MR) is 129 cm³/mol. The smallest absolute Gasteiger partial charge is 0.349 e. The highest BCUT2D eigenvalue weighted by atomic mass is 19.4. The highest BCUT2D eigenvalue weighted by molar-refractivity contribution is 5.88. The van der Waals surface area contributed by atoms with Gasteiger partial charge in [0.25, 0.3) is 0 Å². The van der Waals surface area contributed by atoms with Crippen LogP contribution in [0.25, 0.3) is 28.1 Å². The van der Waals surface area contributed by atoms with Gasteiger partial charge in [-0.05, 0) is 29.7 Å². The molecule has 4 aromatic rings. The molecule has 2 atom stereocenters. The largest absolute Gasteiger partial charge is 0.408 e. The zero-order valence-corrected chi connectivity index (χ0v) is 19.9. The zero-order chi connectivity index (χ0) is 25.6. The van der Waals surface area contributed by atoms with E-state index >= 15 is 0 Å². The molecule has 0 aliphatic carbocycles. The maximum atomic E-state index is 14.1. The fourth-order valence-electron chi connectivity index (χ4n) is 4.70. The Bertz CT molecular complexity index is 1430. The first kappa shape index (κ1) is 24.1. The summed E-state index contributed by atoms with van der Waals surface area (Å²) in [5.41, 5.74) is 8.23. The molecule has 36 heavy (non-hydrogen) atoms. The monoisotopic (exact) mass is 497 g/mol. The zero-order valence-electron chi connectivity index (χ0n) is 19.9. The number of likely N-dealkylation sites (N-methyl/N-ethyl adjacent to an activating group) is 1. The van der Waals surface area contributed by atoms with Gasteiger partial charge in [-0.15, -0.1) is 10.2 Å². The Balaban J connectivity index is 1.58. The van der Waals surface area contributed by atoms with Crippen molar-refractivity contribution in [3.05, 3.63) is 59.8 Å². The molecule has 1 fully saturated rings. The second kappa shape index (κ2) is 9.14. The fraction of sp³-hybridized carbons (Fsp3) is 0.360. The maximum absolute atomic E-state index is 14.1. The van der Waals surface area contributed by atoms with Gasteiger partial charge in [0.2, 0.25) is 5.91 Å². The number of hydrogen-bond donors (Lipinski definition) is 1. The molecule has 1 aromatic carbocycles. The van der Waals surface area contributed by atoms with Gasteiger partial charge >= 0.3 is 6.18 Å². The number of carbonyl (C=O) groups excluding carboxylic acids is 1. The molecular formula is C25H26F3N7O. The van der Waals surface area contributed by atoms with Crippen LogP contribution < -0.4 is 5.73 Å². The lowest BCUT2D eigenvalue weighted by Crippen LogP contribution is -2.38. The Kier molecular flexibility index (Phi) is 6.13. The van der Waals surface area contributed by atoms with E-state index in [1.54, 1.807) is 20.2 Å². The number of halogens is 3. The molecule has 1 aliphatic heterocycles. The number of pyridine rings is 2. The van der Waals surface area contributed by atoms with Crippen molar-refractivity contribution in [2.24, 2.45) is 5.73 Å². The van der Waals surface area contributed by atoms with Crippen LogP contribution in [0, 0.1) is 0 Å². The number of likely N-dealkylation sites (tertiary alicyclic amines) is 1. The first-order chi connectivity index (χ1) is 17.1. The van der Waals surface area contributed by atoms with Gasteiger partial charge in [-0.3, -0.25) is 14.1 Å². The van der Waals surface area contributed by atoms with Crippen molar-refractivity contribution in [2.75, 3.05) is 27.2 Å². The van der Waals surface area contributed by atoms with Crippen molar-refractivity contribution in [1.29, 1.82) is 0 Å². The van der Waals surface area contributed by atoms with Crippen LogP contribution in [0.1, 0.15) is 23.6 Å². The number of benzene rings is 1. The van der Waals surface area contributed by atoms with Crippen molar-refractivity contribution in [3.8, 4) is 11.5 Å². The lowest BCUT2D eigenvalue weighted by Gasteiger charge is -2.30. The highest BCUT2D eigenvalue weighted by Crippen LogP contribution is 2.39. The molecule has 0 spiro atoms. The lowest BCUT2D eigenvalue weighted by atomic mass is 10.1. The van der Waals surface area contributed by atoms with E-state index in [-0.39, 0.29) is 37.0 Å². The second-order valence-corrected chi connectivity index (χ2v) is 9.35. The van der Waals surface area contributed by atoms with Crippen LogP contribution in [-0.4, -0.2) is 74.7 Å². The standard InChI is InChI=1S/C25H26F3N7O/c1-33(2)21(36)12-16-5-3-4-15-6-8-19(30-22(15)16)24-32-31-20-9-7-17(13-35(20)24)23(25(26,27)28)34-11-10-18(29)14-34/h3-9,13,18,23H,10-12,14,29H2,1-2H3/t18?,23-/m1/s1. The van der Waals surface area contributed by atoms with Gasteiger partial charge in [-0.25, -0.2) is 4.98 Å². The Morgan fingerprint density at radius 2 is 1.97 bits per heavy atom. The average molecular weight is 498 g/mol. The molecule has 188 valence electrons. The van der Waals surface area contributed by atoms with Crippen molar-refractivity contribution in [3.63, 3.8) is 0 Å². The third-order valence-electron chi connectivity index (χ3n) is 6.55. The van der Waals surface area contributed by atoms with Crippen molar-refractivity contribution in [1.82, 2.24) is 29.4 Å². The second-order valence-electron chi connectivity index (χ2n) is 9.35. The summed E-state index contributed by atoms with van der Waals surface area (Å²) >= 11 is 0. The Hall–Kier alpha value is -3.57. The van der Waals surface area contributed by atoms with E-state index in [9.17, 15) is 18.0 Å². The molecule has 3 aromatic heterocycles. The van der Waals surface area contributed by atoms with Gasteiger partial charge in [-0.1, -0.05) is 30.3 Å². The van der Waals surface area contributed by atoms with E-state index in [1.807, 2.05) is 24.3 Å². The van der Waals surface area contributed by atoms with E-state index in [0.717, 1.165) is 10.9 Å². The van der Waals surface area contributed by atoms with Gasteiger partial charge in [-0.2, -0.15) is 13.2 Å². The van der Waals surface area contributed by atoms with Crippen LogP contribution in [0.3, 0.4) is 0 Å². The first-order valence-electron chi connectivity index (χ1n) is 11.6. The topological polar surface area (TPSA) is 92.7 Å². The molecule has 1 saturated heterocycles. The van der Waals surface area contributed by atoms with Gasteiger partial charge < -0.3 is 10.6 Å². The van der Waals surface area contributed by atoms with Crippen molar-refractivity contribution < 1.29 is 18.0 Å². The first-order valence-corrected chi connectivity index (χ1v) is 11.6. The summed E-state index contributed by atoms with van der Waals surface area (Å²) in [4.78, 5) is 20.0. The number of nitrogens with zero attached hydrogens (tertiary/aromatic N) is 6. The van der Waals surface area contributed by atoms with Gasteiger partial charge in [0, 0.05) is 44.8 Å². The molecule has 2 N–H and O–H groups in total. The van der Waals surface area contributed by atoms with E-state index in [1.165, 1.54) is 32.5 Å². The van der Waals surface area contributed by atoms with Crippen LogP contribution in [0.15, 0.2) is 48.7 Å². The number of para-hydroxylation sites is 1. The molecule has 0 radical (unpaired) electrons. The Morgan fingerprint density at radius 3 is 2.67 bits per heavy atom. The molecule has 8 nitrogen and oxygen atoms in total. The summed E-state index contributed by atoms with van der Waals surface area (Å²) in [6.45, 7) is 0.455. The normalized spacial score (nSPS) is 17.7. The average Bonchev–Trinajstić information content (AvgIpc) is 3.44. The highest BCUT2D eigenvalue weighted by Gasteiger charge is 2.46. The molecule has 0 saturated carbocycles. The van der Waals surface area contributed by atoms with E-state index in [4.69, 9.17) is 10.7 Å². The summed E-state index contributed by atoms with van der Waals surface area (Å²) in [5.74, 6) is 0.258. The molecule has 11 heteroatoms. The van der Waals surface area contributed by atoms with E-state index < -0.39 is 12.2 Å². The third kappa shape index (κ3) is 4.51. The van der Waals surface area contributed by atoms with Crippen molar-refractivity contribution >= 4 is 22.5 Å². The number of fused-ring (bicyclic) bond motifs is 2. The number of rotatable bonds is 5. The minimum absolute atomic E-state index is 0.0629. The van der Waals surface area contributed by atoms with Gasteiger partial charge in [0.05, 0.1) is 11.9 Å². The molecule has 1 unspecified atom stereocenters. The molecular weight excluding hydrogens is 471 g/mol. The van der Waals surface area contributed by atoms with E-state index in [2.05, 4.69) is 10.2 Å². The molecule has 1 amide bonds. The van der Waals surface area contributed by atoms with Gasteiger partial charge in [0.15, 0.2) is 11.5 Å². The third-order valence-corrected chi connectivity index (χ3v) is 6.55. The Morgan fingerprint density at radius 1 is 1.17 bits per heavy atom. The fourth-order valence-corrected chi connectivity index (χ4v) is 4.70. The predicted octanol–water partition coefficient (Wildman–Crippen LogP) is 3.21. The summed E-state index contributed by atoms with van der Waals surface area (Å²) < 4.78 is 44.0. The van der Waals surface area contributed by atoms with Gasteiger partial charge in [0.1, 0.15) is 11.7 Å². The maximum Gasteiger partial charge on any atom is 0.408 e. The van der Waals surface area contributed by atoms with Crippen LogP contribution >= 0.6 is 0 Å². The molecule has 4 heterocycles. The SMILES string of the molecule is CN(C)C(=O)Cc1cccc2ccc(-c3nnc4ccc([C@@H](N5CCC(N)C5)C(F)(F)F)cn34)nc12. The number of nitrogens with two attached hydrogens (primary N) is 1. The summed E-state index contributed by atoms with van der Waals surface area (Å²) in [5, 5.41) is 9.21. The Labute approximate surface area is 205 Å². The number of carbonyl (C=O) groups is 1. The number of amides is 1. The molecule has 5 rings (SSSR count). The van der Waals surface area contributed by atoms with Crippen LogP contribution in [0.4, 0.5) is 13.2 Å². The lowest BCUT2D eigenvalue weighted by molar-refractivity contribution is -0.183. The quantitative estimate of drug-likeness (QED) is 0.455. The minimum atomic E-state index is -4.47. The van der Waals surface area contributed by atoms with Crippen LogP contribution in [0.5, 0.6) is 0 Å². The number of aromatic nitrogens is 4. The molecule has 1 aliphatic rings. The van der Waals surface area contributed by atoms with Crippen LogP contribution in [-0.2, 0) is 11.2 Å². The number of hydrogen-bond acceptors (Lipinski definition) is 6.